The molecule has 0 fully saturated rings. The molecular weight excluding hydrogens is 352 g/mol. The molecule has 0 spiro atoms. The van der Waals surface area contributed by atoms with Crippen molar-refractivity contribution in [2.45, 2.75) is 20.4 Å². The summed E-state index contributed by atoms with van der Waals surface area (Å²) in [6.45, 7) is 5.33. The number of rotatable bonds is 8. The number of ether oxygens (including phenoxy) is 2. The number of aryl methyl sites for hydroxylation is 1. The minimum atomic E-state index is -0.0873. The second kappa shape index (κ2) is 9.46. The van der Waals surface area contributed by atoms with Gasteiger partial charge in [-0.3, -0.25) is 9.69 Å². The number of hydrogen-bond donors (Lipinski definition) is 1. The van der Waals surface area contributed by atoms with Crippen molar-refractivity contribution in [1.82, 2.24) is 4.90 Å². The van der Waals surface area contributed by atoms with Crippen molar-refractivity contribution in [2.24, 2.45) is 0 Å². The molecular formula is C20H25ClN2O3. The Kier molecular flexibility index (Phi) is 7.30. The molecule has 2 aromatic carbocycles. The van der Waals surface area contributed by atoms with E-state index < -0.39 is 0 Å². The zero-order valence-corrected chi connectivity index (χ0v) is 16.4. The quantitative estimate of drug-likeness (QED) is 0.752. The number of carbonyl (C=O) groups is 1. The van der Waals surface area contributed by atoms with Gasteiger partial charge < -0.3 is 14.8 Å². The minimum absolute atomic E-state index is 0.0873. The molecule has 5 nitrogen and oxygen atoms in total. The first kappa shape index (κ1) is 20.1. The summed E-state index contributed by atoms with van der Waals surface area (Å²) >= 11 is 5.99. The van der Waals surface area contributed by atoms with E-state index >= 15 is 0 Å². The third kappa shape index (κ3) is 5.64. The van der Waals surface area contributed by atoms with Crippen molar-refractivity contribution in [3.8, 4) is 11.5 Å². The smallest absolute Gasteiger partial charge is 0.238 e. The van der Waals surface area contributed by atoms with Gasteiger partial charge in [-0.15, -0.1) is 0 Å². The van der Waals surface area contributed by atoms with E-state index in [1.165, 1.54) is 0 Å². The van der Waals surface area contributed by atoms with Gasteiger partial charge in [0.05, 0.1) is 20.3 Å². The van der Waals surface area contributed by atoms with Crippen molar-refractivity contribution in [3.05, 3.63) is 52.5 Å². The highest BCUT2D eigenvalue weighted by molar-refractivity contribution is 6.31. The minimum Gasteiger partial charge on any atom is -0.493 e. The van der Waals surface area contributed by atoms with Crippen LogP contribution in [0, 0.1) is 6.92 Å². The molecule has 26 heavy (non-hydrogen) atoms. The number of carbonyl (C=O) groups excluding carboxylic acids is 1. The van der Waals surface area contributed by atoms with Crippen LogP contribution in [-0.4, -0.2) is 38.1 Å². The van der Waals surface area contributed by atoms with Gasteiger partial charge in [0.2, 0.25) is 5.91 Å². The largest absolute Gasteiger partial charge is 0.493 e. The Morgan fingerprint density at radius 3 is 2.65 bits per heavy atom. The Morgan fingerprint density at radius 2 is 1.96 bits per heavy atom. The van der Waals surface area contributed by atoms with E-state index in [1.54, 1.807) is 19.2 Å². The highest BCUT2D eigenvalue weighted by atomic mass is 35.5. The molecule has 0 saturated carbocycles. The number of nitrogens with one attached hydrogen (secondary N) is 1. The number of halogens is 1. The van der Waals surface area contributed by atoms with Crippen molar-refractivity contribution in [2.75, 3.05) is 32.6 Å². The van der Waals surface area contributed by atoms with Crippen LogP contribution < -0.4 is 14.8 Å². The highest BCUT2D eigenvalue weighted by Gasteiger charge is 2.11. The first-order chi connectivity index (χ1) is 12.4. The van der Waals surface area contributed by atoms with E-state index in [0.717, 1.165) is 22.6 Å². The Balaban J connectivity index is 1.96. The molecule has 0 saturated heterocycles. The molecule has 2 aromatic rings. The summed E-state index contributed by atoms with van der Waals surface area (Å²) in [6.07, 6.45) is 0. The number of anilines is 1. The SMILES string of the molecule is CCOc1ccc(CN(C)CC(=O)Nc2cc(Cl)ccc2C)cc1OC. The molecule has 0 aliphatic heterocycles. The van der Waals surface area contributed by atoms with Gasteiger partial charge in [0.25, 0.3) is 0 Å². The number of benzene rings is 2. The van der Waals surface area contributed by atoms with Gasteiger partial charge >= 0.3 is 0 Å². The molecule has 6 heteroatoms. The third-order valence-electron chi connectivity index (χ3n) is 3.87. The summed E-state index contributed by atoms with van der Waals surface area (Å²) < 4.78 is 10.9. The van der Waals surface area contributed by atoms with E-state index in [1.807, 2.05) is 50.1 Å². The van der Waals surface area contributed by atoms with Crippen LogP contribution in [-0.2, 0) is 11.3 Å². The second-order valence-electron chi connectivity index (χ2n) is 6.10. The maximum atomic E-state index is 12.3. The van der Waals surface area contributed by atoms with E-state index in [2.05, 4.69) is 5.32 Å². The molecule has 0 aliphatic rings. The van der Waals surface area contributed by atoms with Crippen LogP contribution in [0.25, 0.3) is 0 Å². The predicted octanol–water partition coefficient (Wildman–Crippen LogP) is 4.13. The summed E-state index contributed by atoms with van der Waals surface area (Å²) in [6, 6.07) is 11.2. The standard InChI is InChI=1S/C20H25ClN2O3/c1-5-26-18-9-7-15(10-19(18)25-4)12-23(3)13-20(24)22-17-11-16(21)8-6-14(17)2/h6-11H,5,12-13H2,1-4H3,(H,22,24). The average molecular weight is 377 g/mol. The van der Waals surface area contributed by atoms with Crippen molar-refractivity contribution in [3.63, 3.8) is 0 Å². The second-order valence-corrected chi connectivity index (χ2v) is 6.53. The van der Waals surface area contributed by atoms with Gasteiger partial charge in [-0.2, -0.15) is 0 Å². The van der Waals surface area contributed by atoms with Crippen molar-refractivity contribution in [1.29, 1.82) is 0 Å². The number of hydrogen-bond acceptors (Lipinski definition) is 4. The first-order valence-corrected chi connectivity index (χ1v) is 8.85. The Labute approximate surface area is 159 Å². The van der Waals surface area contributed by atoms with E-state index in [9.17, 15) is 4.79 Å². The Bertz CT molecular complexity index is 765. The summed E-state index contributed by atoms with van der Waals surface area (Å²) in [4.78, 5) is 14.2. The molecule has 0 unspecified atom stereocenters. The number of methoxy groups -OCH3 is 1. The van der Waals surface area contributed by atoms with Crippen molar-refractivity contribution < 1.29 is 14.3 Å². The lowest BCUT2D eigenvalue weighted by Crippen LogP contribution is -2.30. The van der Waals surface area contributed by atoms with Crippen molar-refractivity contribution >= 4 is 23.2 Å². The van der Waals surface area contributed by atoms with Gasteiger partial charge in [0, 0.05) is 17.3 Å². The van der Waals surface area contributed by atoms with Crippen LogP contribution in [0.15, 0.2) is 36.4 Å². The van der Waals surface area contributed by atoms with Crippen LogP contribution in [0.4, 0.5) is 5.69 Å². The predicted molar refractivity (Wildman–Crippen MR) is 105 cm³/mol. The number of amides is 1. The van der Waals surface area contributed by atoms with Gasteiger partial charge in [-0.05, 0) is 56.3 Å². The molecule has 0 heterocycles. The molecule has 0 radical (unpaired) electrons. The van der Waals surface area contributed by atoms with Gasteiger partial charge in [-0.25, -0.2) is 0 Å². The molecule has 0 atom stereocenters. The Morgan fingerprint density at radius 1 is 1.19 bits per heavy atom. The number of likely N-dealkylation sites (N-methyl/N-ethyl adjacent to an activating group) is 1. The lowest BCUT2D eigenvalue weighted by Gasteiger charge is -2.18. The molecule has 0 aromatic heterocycles. The molecule has 0 aliphatic carbocycles. The lowest BCUT2D eigenvalue weighted by molar-refractivity contribution is -0.117. The van der Waals surface area contributed by atoms with Gasteiger partial charge in [-0.1, -0.05) is 23.7 Å². The fourth-order valence-electron chi connectivity index (χ4n) is 2.62. The molecule has 1 N–H and O–H groups in total. The molecule has 1 amide bonds. The highest BCUT2D eigenvalue weighted by Crippen LogP contribution is 2.28. The summed E-state index contributed by atoms with van der Waals surface area (Å²) in [7, 11) is 3.51. The van der Waals surface area contributed by atoms with Gasteiger partial charge in [0.15, 0.2) is 11.5 Å². The van der Waals surface area contributed by atoms with Crippen LogP contribution in [0.1, 0.15) is 18.1 Å². The van der Waals surface area contributed by atoms with E-state index in [0.29, 0.717) is 23.9 Å². The summed E-state index contributed by atoms with van der Waals surface area (Å²) in [5.74, 6) is 1.32. The van der Waals surface area contributed by atoms with E-state index in [-0.39, 0.29) is 12.5 Å². The first-order valence-electron chi connectivity index (χ1n) is 8.47. The molecule has 2 rings (SSSR count). The van der Waals surface area contributed by atoms with E-state index in [4.69, 9.17) is 21.1 Å². The fourth-order valence-corrected chi connectivity index (χ4v) is 2.79. The van der Waals surface area contributed by atoms with Crippen LogP contribution >= 0.6 is 11.6 Å². The van der Waals surface area contributed by atoms with Gasteiger partial charge in [0.1, 0.15) is 0 Å². The zero-order valence-electron chi connectivity index (χ0n) is 15.6. The third-order valence-corrected chi connectivity index (χ3v) is 4.10. The van der Waals surface area contributed by atoms with Crippen LogP contribution in [0.5, 0.6) is 11.5 Å². The normalized spacial score (nSPS) is 10.7. The topological polar surface area (TPSA) is 50.8 Å². The summed E-state index contributed by atoms with van der Waals surface area (Å²) in [5.41, 5.74) is 2.75. The molecule has 140 valence electrons. The summed E-state index contributed by atoms with van der Waals surface area (Å²) in [5, 5.41) is 3.50. The van der Waals surface area contributed by atoms with Crippen LogP contribution in [0.2, 0.25) is 5.02 Å². The maximum absolute atomic E-state index is 12.3. The Hall–Kier alpha value is -2.24. The number of nitrogens with zero attached hydrogens (tertiary/aromatic N) is 1. The molecule has 0 bridgehead atoms. The fraction of sp³-hybridized carbons (Fsp3) is 0.350. The lowest BCUT2D eigenvalue weighted by atomic mass is 10.2. The monoisotopic (exact) mass is 376 g/mol. The maximum Gasteiger partial charge on any atom is 0.238 e. The zero-order chi connectivity index (χ0) is 19.1. The van der Waals surface area contributed by atoms with Crippen LogP contribution in [0.3, 0.4) is 0 Å². The average Bonchev–Trinajstić information content (AvgIpc) is 2.59.